The fourth-order valence-electron chi connectivity index (χ4n) is 2.48. The SMILES string of the molecule is CNc1cc(C)nc(Nc2ccc(OC)c(-n3cc(CN)cn3)c2F)n1. The van der Waals surface area contributed by atoms with Crippen LogP contribution in [0.5, 0.6) is 5.75 Å². The molecule has 0 amide bonds. The fraction of sp³-hybridized carbons (Fsp3) is 0.235. The van der Waals surface area contributed by atoms with Gasteiger partial charge in [-0.25, -0.2) is 14.1 Å². The van der Waals surface area contributed by atoms with E-state index >= 15 is 4.39 Å². The van der Waals surface area contributed by atoms with Gasteiger partial charge in [-0.15, -0.1) is 0 Å². The molecule has 9 heteroatoms. The van der Waals surface area contributed by atoms with Gasteiger partial charge in [0, 0.05) is 37.1 Å². The molecule has 0 spiro atoms. The number of rotatable bonds is 6. The zero-order chi connectivity index (χ0) is 18.7. The molecular weight excluding hydrogens is 337 g/mol. The standard InChI is InChI=1S/C17H20FN7O/c1-10-6-14(20-2)24-17(22-10)23-12-4-5-13(26-3)16(15(12)18)25-9-11(7-19)8-21-25/h4-6,8-9H,7,19H2,1-3H3,(H2,20,22,23,24). The molecule has 0 aliphatic heterocycles. The first-order valence-corrected chi connectivity index (χ1v) is 7.96. The maximum absolute atomic E-state index is 15.2. The third-order valence-corrected chi connectivity index (χ3v) is 3.76. The summed E-state index contributed by atoms with van der Waals surface area (Å²) in [6.45, 7) is 2.15. The van der Waals surface area contributed by atoms with Gasteiger partial charge >= 0.3 is 0 Å². The van der Waals surface area contributed by atoms with E-state index in [2.05, 4.69) is 25.7 Å². The van der Waals surface area contributed by atoms with E-state index in [1.54, 1.807) is 37.6 Å². The van der Waals surface area contributed by atoms with Crippen molar-refractivity contribution in [1.82, 2.24) is 19.7 Å². The van der Waals surface area contributed by atoms with Crippen molar-refractivity contribution in [3.8, 4) is 11.4 Å². The maximum atomic E-state index is 15.2. The predicted molar refractivity (Wildman–Crippen MR) is 97.6 cm³/mol. The number of methoxy groups -OCH3 is 1. The number of aryl methyl sites for hydroxylation is 1. The lowest BCUT2D eigenvalue weighted by Gasteiger charge is -2.14. The Morgan fingerprint density at radius 3 is 2.77 bits per heavy atom. The second kappa shape index (κ2) is 7.36. The largest absolute Gasteiger partial charge is 0.494 e. The van der Waals surface area contributed by atoms with Crippen LogP contribution in [0.3, 0.4) is 0 Å². The lowest BCUT2D eigenvalue weighted by molar-refractivity contribution is 0.407. The van der Waals surface area contributed by atoms with E-state index in [0.717, 1.165) is 11.3 Å². The molecule has 3 aromatic rings. The van der Waals surface area contributed by atoms with Gasteiger partial charge in [0.1, 0.15) is 17.3 Å². The summed E-state index contributed by atoms with van der Waals surface area (Å²) in [5.41, 5.74) is 7.53. The molecule has 2 heterocycles. The molecule has 0 aliphatic carbocycles. The van der Waals surface area contributed by atoms with Crippen LogP contribution < -0.4 is 21.1 Å². The smallest absolute Gasteiger partial charge is 0.229 e. The van der Waals surface area contributed by atoms with Gasteiger partial charge in [0.05, 0.1) is 19.0 Å². The zero-order valence-corrected chi connectivity index (χ0v) is 14.7. The molecular formula is C17H20FN7O. The van der Waals surface area contributed by atoms with Gasteiger partial charge < -0.3 is 21.1 Å². The summed E-state index contributed by atoms with van der Waals surface area (Å²) < 4.78 is 21.9. The highest BCUT2D eigenvalue weighted by Crippen LogP contribution is 2.32. The average Bonchev–Trinajstić information content (AvgIpc) is 3.11. The molecule has 136 valence electrons. The maximum Gasteiger partial charge on any atom is 0.229 e. The van der Waals surface area contributed by atoms with Gasteiger partial charge in [-0.05, 0) is 19.1 Å². The Balaban J connectivity index is 2.04. The normalized spacial score (nSPS) is 10.7. The van der Waals surface area contributed by atoms with Gasteiger partial charge in [-0.2, -0.15) is 10.1 Å². The molecule has 0 unspecified atom stereocenters. The van der Waals surface area contributed by atoms with Crippen LogP contribution in [0.2, 0.25) is 0 Å². The Labute approximate surface area is 150 Å². The predicted octanol–water partition coefficient (Wildman–Crippen LogP) is 2.36. The molecule has 0 saturated heterocycles. The van der Waals surface area contributed by atoms with E-state index in [-0.39, 0.29) is 17.3 Å². The van der Waals surface area contributed by atoms with Gasteiger partial charge in [-0.3, -0.25) is 0 Å². The summed E-state index contributed by atoms with van der Waals surface area (Å²) in [5, 5.41) is 10.0. The van der Waals surface area contributed by atoms with Crippen molar-refractivity contribution in [2.75, 3.05) is 24.8 Å². The van der Waals surface area contributed by atoms with E-state index in [1.807, 2.05) is 6.92 Å². The van der Waals surface area contributed by atoms with E-state index in [0.29, 0.717) is 18.1 Å². The molecule has 4 N–H and O–H groups in total. The van der Waals surface area contributed by atoms with Gasteiger partial charge in [0.2, 0.25) is 5.95 Å². The van der Waals surface area contributed by atoms with Crippen LogP contribution in [0.4, 0.5) is 21.8 Å². The first kappa shape index (κ1) is 17.6. The number of ether oxygens (including phenoxy) is 1. The molecule has 0 radical (unpaired) electrons. The first-order valence-electron chi connectivity index (χ1n) is 7.96. The second-order valence-electron chi connectivity index (χ2n) is 5.57. The Hall–Kier alpha value is -3.20. The monoisotopic (exact) mass is 357 g/mol. The number of nitrogens with two attached hydrogens (primary N) is 1. The van der Waals surface area contributed by atoms with Crippen molar-refractivity contribution in [2.45, 2.75) is 13.5 Å². The van der Waals surface area contributed by atoms with Crippen molar-refractivity contribution in [2.24, 2.45) is 5.73 Å². The van der Waals surface area contributed by atoms with E-state index in [4.69, 9.17) is 10.5 Å². The van der Waals surface area contributed by atoms with E-state index in [1.165, 1.54) is 11.8 Å². The van der Waals surface area contributed by atoms with Crippen molar-refractivity contribution in [3.05, 3.63) is 47.7 Å². The number of hydrogen-bond acceptors (Lipinski definition) is 7. The summed E-state index contributed by atoms with van der Waals surface area (Å²) in [5.74, 6) is 0.731. The summed E-state index contributed by atoms with van der Waals surface area (Å²) in [7, 11) is 3.23. The highest BCUT2D eigenvalue weighted by atomic mass is 19.1. The molecule has 3 rings (SSSR count). The average molecular weight is 357 g/mol. The minimum absolute atomic E-state index is 0.179. The lowest BCUT2D eigenvalue weighted by Crippen LogP contribution is -2.07. The highest BCUT2D eigenvalue weighted by Gasteiger charge is 2.18. The summed E-state index contributed by atoms with van der Waals surface area (Å²) in [4.78, 5) is 8.56. The first-order chi connectivity index (χ1) is 12.5. The minimum Gasteiger partial charge on any atom is -0.494 e. The van der Waals surface area contributed by atoms with Crippen molar-refractivity contribution < 1.29 is 9.13 Å². The molecule has 26 heavy (non-hydrogen) atoms. The van der Waals surface area contributed by atoms with Gasteiger partial charge in [0.15, 0.2) is 5.82 Å². The number of benzene rings is 1. The number of halogens is 1. The third-order valence-electron chi connectivity index (χ3n) is 3.76. The Bertz CT molecular complexity index is 925. The minimum atomic E-state index is -0.535. The lowest BCUT2D eigenvalue weighted by atomic mass is 10.2. The molecule has 0 fully saturated rings. The number of nitrogens with one attached hydrogen (secondary N) is 2. The van der Waals surface area contributed by atoms with Crippen molar-refractivity contribution in [3.63, 3.8) is 0 Å². The summed E-state index contributed by atoms with van der Waals surface area (Å²) in [6, 6.07) is 5.01. The van der Waals surface area contributed by atoms with Crippen LogP contribution in [0, 0.1) is 12.7 Å². The molecule has 0 aliphatic rings. The van der Waals surface area contributed by atoms with E-state index in [9.17, 15) is 0 Å². The number of anilines is 3. The fourth-order valence-corrected chi connectivity index (χ4v) is 2.48. The number of nitrogens with zero attached hydrogens (tertiary/aromatic N) is 4. The number of aromatic nitrogens is 4. The van der Waals surface area contributed by atoms with Crippen LogP contribution in [-0.4, -0.2) is 33.9 Å². The molecule has 0 atom stereocenters. The Morgan fingerprint density at radius 2 is 2.12 bits per heavy atom. The quantitative estimate of drug-likeness (QED) is 0.622. The molecule has 0 saturated carbocycles. The molecule has 2 aromatic heterocycles. The van der Waals surface area contributed by atoms with E-state index < -0.39 is 5.82 Å². The van der Waals surface area contributed by atoms with Crippen LogP contribution >= 0.6 is 0 Å². The van der Waals surface area contributed by atoms with Gasteiger partial charge in [-0.1, -0.05) is 0 Å². The van der Waals surface area contributed by atoms with Gasteiger partial charge in [0.25, 0.3) is 0 Å². The molecule has 1 aromatic carbocycles. The van der Waals surface area contributed by atoms with Crippen LogP contribution in [0.15, 0.2) is 30.6 Å². The van der Waals surface area contributed by atoms with Crippen LogP contribution in [0.1, 0.15) is 11.3 Å². The number of hydrogen-bond donors (Lipinski definition) is 3. The van der Waals surface area contributed by atoms with Crippen LogP contribution in [-0.2, 0) is 6.54 Å². The second-order valence-corrected chi connectivity index (χ2v) is 5.57. The van der Waals surface area contributed by atoms with Crippen LogP contribution in [0.25, 0.3) is 5.69 Å². The summed E-state index contributed by atoms with van der Waals surface area (Å²) in [6.07, 6.45) is 3.24. The Kier molecular flexibility index (Phi) is 4.99. The zero-order valence-electron chi connectivity index (χ0n) is 14.7. The highest BCUT2D eigenvalue weighted by molar-refractivity contribution is 5.64. The summed E-state index contributed by atoms with van der Waals surface area (Å²) >= 11 is 0. The topological polar surface area (TPSA) is 103 Å². The Morgan fingerprint density at radius 1 is 1.31 bits per heavy atom. The third kappa shape index (κ3) is 3.42. The van der Waals surface area contributed by atoms with Crippen molar-refractivity contribution >= 4 is 17.5 Å². The molecule has 0 bridgehead atoms. The van der Waals surface area contributed by atoms with Crippen molar-refractivity contribution in [1.29, 1.82) is 0 Å². The molecule has 8 nitrogen and oxygen atoms in total.